The van der Waals surface area contributed by atoms with Gasteiger partial charge < -0.3 is 15.2 Å². The third-order valence-corrected chi connectivity index (χ3v) is 5.02. The summed E-state index contributed by atoms with van der Waals surface area (Å²) >= 11 is 0. The number of amides is 1. The van der Waals surface area contributed by atoms with Gasteiger partial charge in [-0.2, -0.15) is 0 Å². The first-order valence-corrected chi connectivity index (χ1v) is 9.22. The molecular weight excluding hydrogens is 386 g/mol. The molecule has 0 radical (unpaired) electrons. The zero-order valence-corrected chi connectivity index (χ0v) is 16.3. The van der Waals surface area contributed by atoms with Crippen LogP contribution in [0.3, 0.4) is 0 Å². The number of hydrogen-bond acceptors (Lipinski definition) is 6. The summed E-state index contributed by atoms with van der Waals surface area (Å²) in [7, 11) is 1.32. The van der Waals surface area contributed by atoms with Gasteiger partial charge >= 0.3 is 5.69 Å². The maximum Gasteiger partial charge on any atom is 0.315 e. The topological polar surface area (TPSA) is 105 Å². The second-order valence-electron chi connectivity index (χ2n) is 6.95. The number of anilines is 2. The third kappa shape index (κ3) is 3.18. The molecule has 3 aromatic carbocycles. The highest BCUT2D eigenvalue weighted by Crippen LogP contribution is 2.43. The standard InChI is InChI=1S/C22H19N3O5/c1-13-6-5-7-15(10-13)24-21(23-17-9-4-3-8-16(17)22(24)27)14-11-18(25(28)29)20(26)19(12-14)30-2/h3-12,21,23,26H,1-2H3/t21-/m0/s1. The van der Waals surface area contributed by atoms with Gasteiger partial charge in [0, 0.05) is 23.0 Å². The van der Waals surface area contributed by atoms with E-state index in [1.165, 1.54) is 19.2 Å². The molecule has 4 rings (SSSR count). The van der Waals surface area contributed by atoms with Crippen molar-refractivity contribution in [3.8, 4) is 11.5 Å². The molecule has 8 heteroatoms. The van der Waals surface area contributed by atoms with Crippen molar-refractivity contribution in [3.05, 3.63) is 87.5 Å². The fraction of sp³-hybridized carbons (Fsp3) is 0.136. The monoisotopic (exact) mass is 405 g/mol. The lowest BCUT2D eigenvalue weighted by Gasteiger charge is -2.38. The van der Waals surface area contributed by atoms with E-state index < -0.39 is 22.5 Å². The van der Waals surface area contributed by atoms with E-state index in [0.29, 0.717) is 22.5 Å². The Morgan fingerprint density at radius 2 is 1.90 bits per heavy atom. The van der Waals surface area contributed by atoms with Gasteiger partial charge in [0.25, 0.3) is 5.91 Å². The number of nitro benzene ring substituents is 1. The van der Waals surface area contributed by atoms with Crippen LogP contribution in [0.1, 0.15) is 27.7 Å². The summed E-state index contributed by atoms with van der Waals surface area (Å²) in [6.45, 7) is 1.92. The van der Waals surface area contributed by atoms with Crippen molar-refractivity contribution in [2.24, 2.45) is 0 Å². The molecule has 1 aliphatic heterocycles. The summed E-state index contributed by atoms with van der Waals surface area (Å²) in [5.74, 6) is -0.845. The highest BCUT2D eigenvalue weighted by Gasteiger charge is 2.36. The SMILES string of the molecule is COc1cc([C@H]2Nc3ccccc3C(=O)N2c2cccc(C)c2)cc([N+](=O)[O-])c1O. The number of ether oxygens (including phenoxy) is 1. The van der Waals surface area contributed by atoms with Gasteiger partial charge in [0.15, 0.2) is 5.75 Å². The zero-order valence-electron chi connectivity index (χ0n) is 16.3. The molecular formula is C22H19N3O5. The average Bonchev–Trinajstić information content (AvgIpc) is 2.73. The van der Waals surface area contributed by atoms with Crippen molar-refractivity contribution in [1.29, 1.82) is 0 Å². The van der Waals surface area contributed by atoms with Crippen molar-refractivity contribution < 1.29 is 19.6 Å². The first-order valence-electron chi connectivity index (χ1n) is 9.22. The number of carbonyl (C=O) groups excluding carboxylic acids is 1. The third-order valence-electron chi connectivity index (χ3n) is 5.02. The molecule has 0 bridgehead atoms. The van der Waals surface area contributed by atoms with Gasteiger partial charge in [-0.25, -0.2) is 0 Å². The molecule has 1 aliphatic rings. The number of aromatic hydroxyl groups is 1. The molecule has 2 N–H and O–H groups in total. The molecule has 3 aromatic rings. The van der Waals surface area contributed by atoms with Gasteiger partial charge in [-0.3, -0.25) is 19.8 Å². The predicted octanol–water partition coefficient (Wildman–Crippen LogP) is 4.39. The van der Waals surface area contributed by atoms with E-state index in [4.69, 9.17) is 4.74 Å². The Morgan fingerprint density at radius 3 is 2.60 bits per heavy atom. The highest BCUT2D eigenvalue weighted by molar-refractivity contribution is 6.12. The fourth-order valence-electron chi connectivity index (χ4n) is 3.60. The second-order valence-corrected chi connectivity index (χ2v) is 6.95. The summed E-state index contributed by atoms with van der Waals surface area (Å²) in [4.78, 5) is 25.8. The lowest BCUT2D eigenvalue weighted by atomic mass is 10.0. The number of rotatable bonds is 4. The van der Waals surface area contributed by atoms with Crippen LogP contribution in [0, 0.1) is 17.0 Å². The Morgan fingerprint density at radius 1 is 1.13 bits per heavy atom. The van der Waals surface area contributed by atoms with Crippen molar-refractivity contribution in [1.82, 2.24) is 0 Å². The lowest BCUT2D eigenvalue weighted by molar-refractivity contribution is -0.386. The molecule has 1 heterocycles. The van der Waals surface area contributed by atoms with E-state index in [1.807, 2.05) is 25.1 Å². The van der Waals surface area contributed by atoms with Crippen LogP contribution >= 0.6 is 0 Å². The van der Waals surface area contributed by atoms with E-state index in [0.717, 1.165) is 5.56 Å². The summed E-state index contributed by atoms with van der Waals surface area (Å²) in [5, 5.41) is 24.9. The second kappa shape index (κ2) is 7.40. The number of carbonyl (C=O) groups is 1. The van der Waals surface area contributed by atoms with Crippen LogP contribution in [-0.2, 0) is 0 Å². The van der Waals surface area contributed by atoms with Crippen LogP contribution in [0.15, 0.2) is 60.7 Å². The summed E-state index contributed by atoms with van der Waals surface area (Å²) in [5.41, 5.74) is 2.62. The van der Waals surface area contributed by atoms with Crippen molar-refractivity contribution in [3.63, 3.8) is 0 Å². The molecule has 0 saturated carbocycles. The fourth-order valence-corrected chi connectivity index (χ4v) is 3.60. The predicted molar refractivity (Wildman–Crippen MR) is 112 cm³/mol. The molecule has 0 aliphatic carbocycles. The number of aryl methyl sites for hydroxylation is 1. The number of para-hydroxylation sites is 1. The molecule has 152 valence electrons. The van der Waals surface area contributed by atoms with E-state index in [-0.39, 0.29) is 11.7 Å². The quantitative estimate of drug-likeness (QED) is 0.493. The van der Waals surface area contributed by atoms with Crippen LogP contribution in [-0.4, -0.2) is 23.0 Å². The van der Waals surface area contributed by atoms with E-state index in [9.17, 15) is 20.0 Å². The molecule has 0 spiro atoms. The van der Waals surface area contributed by atoms with Crippen LogP contribution in [0.2, 0.25) is 0 Å². The summed E-state index contributed by atoms with van der Waals surface area (Å²) in [6.07, 6.45) is -0.748. The molecule has 8 nitrogen and oxygen atoms in total. The Balaban J connectivity index is 1.93. The van der Waals surface area contributed by atoms with E-state index >= 15 is 0 Å². The maximum atomic E-state index is 13.4. The minimum absolute atomic E-state index is 0.0449. The van der Waals surface area contributed by atoms with Crippen molar-refractivity contribution in [2.75, 3.05) is 17.3 Å². The first-order chi connectivity index (χ1) is 14.4. The van der Waals surface area contributed by atoms with Gasteiger partial charge in [-0.1, -0.05) is 24.3 Å². The molecule has 30 heavy (non-hydrogen) atoms. The largest absolute Gasteiger partial charge is 0.500 e. The zero-order chi connectivity index (χ0) is 21.4. The number of methoxy groups -OCH3 is 1. The Hall–Kier alpha value is -4.07. The number of phenols is 1. The van der Waals surface area contributed by atoms with Crippen LogP contribution < -0.4 is 15.0 Å². The molecule has 0 aromatic heterocycles. The van der Waals surface area contributed by atoms with Gasteiger partial charge in [0.2, 0.25) is 5.75 Å². The van der Waals surface area contributed by atoms with Gasteiger partial charge in [0.05, 0.1) is 17.6 Å². The number of hydrogen-bond donors (Lipinski definition) is 2. The highest BCUT2D eigenvalue weighted by atomic mass is 16.6. The minimum atomic E-state index is -0.748. The van der Waals surface area contributed by atoms with Crippen LogP contribution in [0.5, 0.6) is 11.5 Å². The number of nitro groups is 1. The lowest BCUT2D eigenvalue weighted by Crippen LogP contribution is -2.43. The van der Waals surface area contributed by atoms with Gasteiger partial charge in [-0.15, -0.1) is 0 Å². The smallest absolute Gasteiger partial charge is 0.315 e. The van der Waals surface area contributed by atoms with Gasteiger partial charge in [-0.05, 0) is 42.8 Å². The number of nitrogens with zero attached hydrogens (tertiary/aromatic N) is 2. The summed E-state index contributed by atoms with van der Waals surface area (Å²) < 4.78 is 5.14. The van der Waals surface area contributed by atoms with Crippen LogP contribution in [0.4, 0.5) is 17.1 Å². The molecule has 1 amide bonds. The molecule has 1 atom stereocenters. The van der Waals surface area contributed by atoms with Crippen LogP contribution in [0.25, 0.3) is 0 Å². The van der Waals surface area contributed by atoms with E-state index in [2.05, 4.69) is 5.32 Å². The Labute approximate surface area is 172 Å². The number of nitrogens with one attached hydrogen (secondary N) is 1. The molecule has 0 fully saturated rings. The summed E-state index contributed by atoms with van der Waals surface area (Å²) in [6, 6.07) is 17.3. The average molecular weight is 405 g/mol. The number of benzene rings is 3. The number of fused-ring (bicyclic) bond motifs is 1. The maximum absolute atomic E-state index is 13.4. The minimum Gasteiger partial charge on any atom is -0.500 e. The van der Waals surface area contributed by atoms with Crippen molar-refractivity contribution in [2.45, 2.75) is 13.1 Å². The van der Waals surface area contributed by atoms with Gasteiger partial charge in [0.1, 0.15) is 6.17 Å². The molecule has 0 unspecified atom stereocenters. The Bertz CT molecular complexity index is 1160. The van der Waals surface area contributed by atoms with E-state index in [1.54, 1.807) is 35.2 Å². The number of phenolic OH excluding ortho intramolecular Hbond substituents is 1. The first kappa shape index (κ1) is 19.3. The normalized spacial score (nSPS) is 15.3. The van der Waals surface area contributed by atoms with Crippen molar-refractivity contribution >= 4 is 23.0 Å². The molecule has 0 saturated heterocycles. The Kier molecular flexibility index (Phi) is 4.75.